The molecule has 1 aromatic heterocycles. The second-order valence-corrected chi connectivity index (χ2v) is 7.27. The van der Waals surface area contributed by atoms with E-state index in [1.54, 1.807) is 6.20 Å². The summed E-state index contributed by atoms with van der Waals surface area (Å²) in [5, 5.41) is 8.67. The second-order valence-electron chi connectivity index (χ2n) is 7.27. The standard InChI is InChI=1S/C22H22N4O3/c27-22(18-15-23-26(24-18)17-6-2-1-3-7-17)25-11-4-8-19(25)16-9-10-20-21(14-16)29-13-5-12-28-20/h1-3,6-7,9-10,14-15,19H,4-5,8,11-13H2/t19-/m1/s1. The van der Waals surface area contributed by atoms with Gasteiger partial charge in [-0.2, -0.15) is 9.90 Å². The minimum absolute atomic E-state index is 0.00142. The molecule has 0 N–H and O–H groups in total. The zero-order valence-corrected chi connectivity index (χ0v) is 16.0. The van der Waals surface area contributed by atoms with Gasteiger partial charge in [-0.3, -0.25) is 4.79 Å². The van der Waals surface area contributed by atoms with Crippen molar-refractivity contribution in [1.29, 1.82) is 0 Å². The number of para-hydroxylation sites is 1. The maximum atomic E-state index is 13.2. The van der Waals surface area contributed by atoms with Gasteiger partial charge >= 0.3 is 0 Å². The highest BCUT2D eigenvalue weighted by atomic mass is 16.5. The molecule has 3 aromatic rings. The highest BCUT2D eigenvalue weighted by Crippen LogP contribution is 2.38. The van der Waals surface area contributed by atoms with Gasteiger partial charge in [0.05, 0.1) is 31.1 Å². The van der Waals surface area contributed by atoms with E-state index in [9.17, 15) is 4.79 Å². The first-order valence-corrected chi connectivity index (χ1v) is 9.98. The maximum Gasteiger partial charge on any atom is 0.276 e. The number of fused-ring (bicyclic) bond motifs is 1. The Hall–Kier alpha value is -3.35. The van der Waals surface area contributed by atoms with E-state index < -0.39 is 0 Å². The number of nitrogens with zero attached hydrogens (tertiary/aromatic N) is 4. The number of ether oxygens (including phenoxy) is 2. The zero-order valence-electron chi connectivity index (χ0n) is 16.0. The van der Waals surface area contributed by atoms with E-state index in [2.05, 4.69) is 10.2 Å². The third-order valence-corrected chi connectivity index (χ3v) is 5.37. The Morgan fingerprint density at radius 1 is 1.00 bits per heavy atom. The topological polar surface area (TPSA) is 69.5 Å². The zero-order chi connectivity index (χ0) is 19.6. The van der Waals surface area contributed by atoms with E-state index in [4.69, 9.17) is 9.47 Å². The van der Waals surface area contributed by atoms with Gasteiger partial charge in [-0.05, 0) is 42.7 Å². The Bertz CT molecular complexity index is 1020. The highest BCUT2D eigenvalue weighted by molar-refractivity contribution is 5.92. The first kappa shape index (κ1) is 17.7. The van der Waals surface area contributed by atoms with Crippen LogP contribution in [0.3, 0.4) is 0 Å². The van der Waals surface area contributed by atoms with Crippen molar-refractivity contribution in [2.75, 3.05) is 19.8 Å². The van der Waals surface area contributed by atoms with Crippen LogP contribution in [0, 0.1) is 0 Å². The van der Waals surface area contributed by atoms with E-state index in [1.807, 2.05) is 53.4 Å². The third kappa shape index (κ3) is 3.44. The molecule has 1 atom stereocenters. The molecule has 29 heavy (non-hydrogen) atoms. The Kier molecular flexibility index (Phi) is 4.63. The molecule has 2 aliphatic heterocycles. The number of carbonyl (C=O) groups excluding carboxylic acids is 1. The highest BCUT2D eigenvalue weighted by Gasteiger charge is 2.32. The number of hydrogen-bond donors (Lipinski definition) is 0. The van der Waals surface area contributed by atoms with Crippen LogP contribution in [-0.2, 0) is 0 Å². The lowest BCUT2D eigenvalue weighted by atomic mass is 10.0. The monoisotopic (exact) mass is 390 g/mol. The van der Waals surface area contributed by atoms with Gasteiger partial charge in [-0.25, -0.2) is 0 Å². The first-order chi connectivity index (χ1) is 14.3. The largest absolute Gasteiger partial charge is 0.490 e. The quantitative estimate of drug-likeness (QED) is 0.686. The number of rotatable bonds is 3. The Morgan fingerprint density at radius 2 is 1.83 bits per heavy atom. The fourth-order valence-corrected chi connectivity index (χ4v) is 3.94. The molecule has 3 heterocycles. The van der Waals surface area contributed by atoms with Crippen LogP contribution >= 0.6 is 0 Å². The van der Waals surface area contributed by atoms with Crippen molar-refractivity contribution in [2.24, 2.45) is 0 Å². The lowest BCUT2D eigenvalue weighted by Gasteiger charge is -2.24. The number of carbonyl (C=O) groups is 1. The van der Waals surface area contributed by atoms with Crippen molar-refractivity contribution >= 4 is 5.91 Å². The molecule has 0 spiro atoms. The fourth-order valence-electron chi connectivity index (χ4n) is 3.94. The third-order valence-electron chi connectivity index (χ3n) is 5.37. The van der Waals surface area contributed by atoms with Gasteiger partial charge in [0.1, 0.15) is 0 Å². The molecule has 0 radical (unpaired) electrons. The normalized spacial score (nSPS) is 18.5. The minimum Gasteiger partial charge on any atom is -0.490 e. The molecule has 0 bridgehead atoms. The second kappa shape index (κ2) is 7.58. The average Bonchev–Trinajstić information content (AvgIpc) is 3.39. The molecule has 0 unspecified atom stereocenters. The van der Waals surface area contributed by atoms with Crippen LogP contribution in [0.1, 0.15) is 41.4 Å². The molecule has 148 valence electrons. The van der Waals surface area contributed by atoms with E-state index in [-0.39, 0.29) is 11.9 Å². The van der Waals surface area contributed by atoms with Crippen molar-refractivity contribution in [3.63, 3.8) is 0 Å². The Balaban J connectivity index is 1.39. The number of aromatic nitrogens is 3. The van der Waals surface area contributed by atoms with Crippen LogP contribution < -0.4 is 9.47 Å². The summed E-state index contributed by atoms with van der Waals surface area (Å²) in [6.45, 7) is 2.01. The molecule has 7 heteroatoms. The van der Waals surface area contributed by atoms with E-state index in [0.29, 0.717) is 25.5 Å². The summed E-state index contributed by atoms with van der Waals surface area (Å²) in [5.41, 5.74) is 2.25. The van der Waals surface area contributed by atoms with Crippen molar-refractivity contribution < 1.29 is 14.3 Å². The molecule has 2 aliphatic rings. The molecule has 1 saturated heterocycles. The van der Waals surface area contributed by atoms with Gasteiger partial charge in [0.15, 0.2) is 17.2 Å². The SMILES string of the molecule is O=C(c1cnn(-c2ccccc2)n1)N1CCC[C@@H]1c1ccc2c(c1)OCCCO2. The van der Waals surface area contributed by atoms with Crippen molar-refractivity contribution in [1.82, 2.24) is 19.9 Å². The van der Waals surface area contributed by atoms with Gasteiger partial charge < -0.3 is 14.4 Å². The summed E-state index contributed by atoms with van der Waals surface area (Å²) in [6, 6.07) is 15.6. The molecule has 0 saturated carbocycles. The number of amides is 1. The summed E-state index contributed by atoms with van der Waals surface area (Å²) >= 11 is 0. The maximum absolute atomic E-state index is 13.2. The van der Waals surface area contributed by atoms with Crippen molar-refractivity contribution in [2.45, 2.75) is 25.3 Å². The van der Waals surface area contributed by atoms with Gasteiger partial charge in [-0.1, -0.05) is 24.3 Å². The van der Waals surface area contributed by atoms with Crippen molar-refractivity contribution in [3.8, 4) is 17.2 Å². The smallest absolute Gasteiger partial charge is 0.276 e. The molecule has 1 amide bonds. The number of hydrogen-bond acceptors (Lipinski definition) is 5. The van der Waals surface area contributed by atoms with Crippen LogP contribution in [-0.4, -0.2) is 45.6 Å². The molecule has 0 aliphatic carbocycles. The summed E-state index contributed by atoms with van der Waals surface area (Å²) in [5.74, 6) is 1.43. The number of benzene rings is 2. The average molecular weight is 390 g/mol. The van der Waals surface area contributed by atoms with E-state index in [1.165, 1.54) is 4.80 Å². The Labute approximate surface area is 168 Å². The molecular formula is C22H22N4O3. The predicted molar refractivity (Wildman–Crippen MR) is 106 cm³/mol. The molecule has 2 aromatic carbocycles. The van der Waals surface area contributed by atoms with Crippen molar-refractivity contribution in [3.05, 3.63) is 66.0 Å². The van der Waals surface area contributed by atoms with Gasteiger partial charge in [-0.15, -0.1) is 5.10 Å². The van der Waals surface area contributed by atoms with Gasteiger partial charge in [0.25, 0.3) is 5.91 Å². The minimum atomic E-state index is -0.0956. The van der Waals surface area contributed by atoms with Crippen LogP contribution in [0.4, 0.5) is 0 Å². The lowest BCUT2D eigenvalue weighted by Crippen LogP contribution is -2.31. The van der Waals surface area contributed by atoms with E-state index in [0.717, 1.165) is 42.0 Å². The summed E-state index contributed by atoms with van der Waals surface area (Å²) in [6.07, 6.45) is 4.28. The van der Waals surface area contributed by atoms with Gasteiger partial charge in [0, 0.05) is 13.0 Å². The summed E-state index contributed by atoms with van der Waals surface area (Å²) in [7, 11) is 0. The lowest BCUT2D eigenvalue weighted by molar-refractivity contribution is 0.0729. The molecule has 1 fully saturated rings. The Morgan fingerprint density at radius 3 is 2.69 bits per heavy atom. The van der Waals surface area contributed by atoms with Crippen LogP contribution in [0.2, 0.25) is 0 Å². The number of likely N-dealkylation sites (tertiary alicyclic amines) is 1. The van der Waals surface area contributed by atoms with Crippen LogP contribution in [0.15, 0.2) is 54.7 Å². The summed E-state index contributed by atoms with van der Waals surface area (Å²) < 4.78 is 11.6. The molecule has 5 rings (SSSR count). The predicted octanol–water partition coefficient (Wildman–Crippen LogP) is 3.41. The first-order valence-electron chi connectivity index (χ1n) is 9.98. The molecular weight excluding hydrogens is 368 g/mol. The summed E-state index contributed by atoms with van der Waals surface area (Å²) in [4.78, 5) is 16.6. The van der Waals surface area contributed by atoms with Crippen LogP contribution in [0.5, 0.6) is 11.5 Å². The fraction of sp³-hybridized carbons (Fsp3) is 0.318. The van der Waals surface area contributed by atoms with Crippen LogP contribution in [0.25, 0.3) is 5.69 Å². The molecule has 7 nitrogen and oxygen atoms in total. The van der Waals surface area contributed by atoms with Gasteiger partial charge in [0.2, 0.25) is 0 Å². The van der Waals surface area contributed by atoms with E-state index >= 15 is 0 Å².